The molecule has 1 aromatic heterocycles. The Bertz CT molecular complexity index is 1160. The topological polar surface area (TPSA) is 236 Å². The lowest BCUT2D eigenvalue weighted by Gasteiger charge is -2.39. The number of hydrogen-bond donors (Lipinski definition) is 6. The molecule has 2 heterocycles. The highest BCUT2D eigenvalue weighted by molar-refractivity contribution is 7.92. The zero-order valence-electron chi connectivity index (χ0n) is 17.4. The molecule has 1 unspecified atom stereocenters. The van der Waals surface area contributed by atoms with Crippen molar-refractivity contribution in [1.82, 2.24) is 25.3 Å². The molecule has 178 valence electrons. The van der Waals surface area contributed by atoms with E-state index >= 15 is 0 Å². The van der Waals surface area contributed by atoms with E-state index < -0.39 is 41.5 Å². The molecule has 32 heavy (non-hydrogen) atoms. The van der Waals surface area contributed by atoms with E-state index in [1.165, 1.54) is 13.0 Å². The predicted octanol–water partition coefficient (Wildman–Crippen LogP) is -2.57. The number of hydrogen-bond acceptors (Lipinski definition) is 11. The molecule has 1 aromatic carbocycles. The molecular weight excluding hydrogens is 462 g/mol. The third kappa shape index (κ3) is 4.90. The number of primary sulfonamides is 1. The van der Waals surface area contributed by atoms with Gasteiger partial charge in [0.2, 0.25) is 25.9 Å². The molecule has 0 bridgehead atoms. The lowest BCUT2D eigenvalue weighted by Crippen LogP contribution is -2.49. The molecule has 0 radical (unpaired) electrons. The predicted molar refractivity (Wildman–Crippen MR) is 115 cm³/mol. The third-order valence-electron chi connectivity index (χ3n) is 5.37. The van der Waals surface area contributed by atoms with E-state index in [2.05, 4.69) is 25.3 Å². The number of nitrogens with one attached hydrogen (secondary N) is 2. The minimum atomic E-state index is -4.57. The SMILES string of the molecule is CC(CN)NS(=O)(=O)c1ccc(N2CCC(O)(CN)CC2)c(-c2nn[nH]n2)c1S(N)(=O)=O. The van der Waals surface area contributed by atoms with Crippen LogP contribution in [-0.2, 0) is 20.0 Å². The highest BCUT2D eigenvalue weighted by atomic mass is 32.2. The lowest BCUT2D eigenvalue weighted by molar-refractivity contribution is 0.0250. The molecule has 0 saturated carbocycles. The molecule has 16 heteroatoms. The molecule has 1 fully saturated rings. The largest absolute Gasteiger partial charge is 0.388 e. The first-order valence-corrected chi connectivity index (χ1v) is 12.8. The number of aliphatic hydroxyl groups is 1. The maximum Gasteiger partial charge on any atom is 0.242 e. The molecule has 14 nitrogen and oxygen atoms in total. The standard InChI is InChI=1S/C16H27N9O5S2/c1-10(8-17)22-32(29,30)12-3-2-11(25-6-4-16(26,9-18)5-7-25)13(14(12)31(19,27)28)15-20-23-24-21-15/h2-3,10,22,26H,4-9,17-18H2,1H3,(H2,19,27,28)(H,20,21,23,24). The number of sulfonamides is 2. The van der Waals surface area contributed by atoms with Crippen LogP contribution in [0.5, 0.6) is 0 Å². The van der Waals surface area contributed by atoms with Gasteiger partial charge < -0.3 is 21.5 Å². The summed E-state index contributed by atoms with van der Waals surface area (Å²) in [4.78, 5) is 0.573. The van der Waals surface area contributed by atoms with Crippen LogP contribution in [0.3, 0.4) is 0 Å². The number of aromatic amines is 1. The Labute approximate surface area is 185 Å². The second-order valence-electron chi connectivity index (χ2n) is 7.74. The number of rotatable bonds is 8. The molecule has 0 amide bonds. The number of piperidine rings is 1. The molecule has 9 N–H and O–H groups in total. The van der Waals surface area contributed by atoms with E-state index in [-0.39, 0.29) is 24.5 Å². The summed E-state index contributed by atoms with van der Waals surface area (Å²) in [6.45, 7) is 2.28. The first kappa shape index (κ1) is 24.4. The molecule has 2 aromatic rings. The van der Waals surface area contributed by atoms with Crippen molar-refractivity contribution in [3.63, 3.8) is 0 Å². The van der Waals surface area contributed by atoms with Crippen molar-refractivity contribution in [2.24, 2.45) is 16.6 Å². The zero-order valence-corrected chi connectivity index (χ0v) is 19.0. The second kappa shape index (κ2) is 8.97. The summed E-state index contributed by atoms with van der Waals surface area (Å²) in [5, 5.41) is 29.3. The number of nitrogens with two attached hydrogens (primary N) is 3. The van der Waals surface area contributed by atoms with Crippen LogP contribution in [0.25, 0.3) is 11.4 Å². The number of benzene rings is 1. The van der Waals surface area contributed by atoms with Gasteiger partial charge >= 0.3 is 0 Å². The summed E-state index contributed by atoms with van der Waals surface area (Å²) in [7, 11) is -8.89. The van der Waals surface area contributed by atoms with Crippen molar-refractivity contribution in [3.05, 3.63) is 12.1 Å². The third-order valence-corrected chi connectivity index (χ3v) is 8.12. The first-order chi connectivity index (χ1) is 14.9. The average Bonchev–Trinajstić information content (AvgIpc) is 3.27. The molecule has 0 aliphatic carbocycles. The van der Waals surface area contributed by atoms with Crippen LogP contribution in [0.15, 0.2) is 21.9 Å². The first-order valence-electron chi connectivity index (χ1n) is 9.75. The Morgan fingerprint density at radius 3 is 2.41 bits per heavy atom. The Kier molecular flexibility index (Phi) is 6.85. The van der Waals surface area contributed by atoms with Gasteiger partial charge in [-0.05, 0) is 37.1 Å². The van der Waals surface area contributed by atoms with Crippen molar-refractivity contribution in [3.8, 4) is 11.4 Å². The maximum atomic E-state index is 13.0. The molecule has 1 aliphatic heterocycles. The summed E-state index contributed by atoms with van der Waals surface area (Å²) < 4.78 is 53.6. The van der Waals surface area contributed by atoms with Gasteiger partial charge in [0.15, 0.2) is 0 Å². The number of nitrogens with zero attached hydrogens (tertiary/aromatic N) is 4. The van der Waals surface area contributed by atoms with Crippen LogP contribution in [-0.4, -0.2) is 80.4 Å². The molecule has 1 saturated heterocycles. The van der Waals surface area contributed by atoms with Gasteiger partial charge in [0.1, 0.15) is 9.79 Å². The number of anilines is 1. The summed E-state index contributed by atoms with van der Waals surface area (Å²) in [6.07, 6.45) is 0.658. The minimum absolute atomic E-state index is 0.00243. The quantitative estimate of drug-likeness (QED) is 0.225. The number of tetrazole rings is 1. The van der Waals surface area contributed by atoms with Gasteiger partial charge in [0.25, 0.3) is 0 Å². The van der Waals surface area contributed by atoms with Crippen molar-refractivity contribution in [2.75, 3.05) is 31.1 Å². The van der Waals surface area contributed by atoms with Gasteiger partial charge in [-0.1, -0.05) is 0 Å². The second-order valence-corrected chi connectivity index (χ2v) is 10.9. The van der Waals surface area contributed by atoms with Gasteiger partial charge in [-0.2, -0.15) is 5.21 Å². The van der Waals surface area contributed by atoms with Crippen molar-refractivity contribution in [1.29, 1.82) is 0 Å². The Morgan fingerprint density at radius 1 is 1.25 bits per heavy atom. The monoisotopic (exact) mass is 489 g/mol. The van der Waals surface area contributed by atoms with Crippen LogP contribution in [0, 0.1) is 0 Å². The summed E-state index contributed by atoms with van der Waals surface area (Å²) in [5.74, 6) is -0.146. The Hall–Kier alpha value is -2.21. The van der Waals surface area contributed by atoms with E-state index in [1.807, 2.05) is 0 Å². The van der Waals surface area contributed by atoms with Crippen LogP contribution >= 0.6 is 0 Å². The maximum absolute atomic E-state index is 13.0. The van der Waals surface area contributed by atoms with E-state index in [1.54, 1.807) is 4.90 Å². The minimum Gasteiger partial charge on any atom is -0.388 e. The van der Waals surface area contributed by atoms with Crippen LogP contribution < -0.4 is 26.2 Å². The van der Waals surface area contributed by atoms with Gasteiger partial charge in [-0.3, -0.25) is 0 Å². The van der Waals surface area contributed by atoms with E-state index in [9.17, 15) is 21.9 Å². The van der Waals surface area contributed by atoms with Crippen molar-refractivity contribution in [2.45, 2.75) is 41.2 Å². The molecule has 1 atom stereocenters. The fourth-order valence-electron chi connectivity index (χ4n) is 3.54. The number of H-pyrrole nitrogens is 1. The Morgan fingerprint density at radius 2 is 1.91 bits per heavy atom. The van der Waals surface area contributed by atoms with Crippen molar-refractivity contribution >= 4 is 25.7 Å². The van der Waals surface area contributed by atoms with Gasteiger partial charge in [0, 0.05) is 37.9 Å². The fraction of sp³-hybridized carbons (Fsp3) is 0.562. The lowest BCUT2D eigenvalue weighted by atomic mass is 9.91. The molecule has 1 aliphatic rings. The smallest absolute Gasteiger partial charge is 0.242 e. The van der Waals surface area contributed by atoms with Gasteiger partial charge in [-0.25, -0.2) is 26.7 Å². The fourth-order valence-corrected chi connectivity index (χ4v) is 6.39. The normalized spacial score (nSPS) is 18.0. The van der Waals surface area contributed by atoms with Gasteiger partial charge in [-0.15, -0.1) is 10.2 Å². The van der Waals surface area contributed by atoms with E-state index in [0.29, 0.717) is 31.6 Å². The van der Waals surface area contributed by atoms with Crippen LogP contribution in [0.1, 0.15) is 19.8 Å². The van der Waals surface area contributed by atoms with Crippen molar-refractivity contribution < 1.29 is 21.9 Å². The van der Waals surface area contributed by atoms with Crippen LogP contribution in [0.4, 0.5) is 5.69 Å². The highest BCUT2D eigenvalue weighted by Crippen LogP contribution is 2.39. The summed E-state index contributed by atoms with van der Waals surface area (Å²) >= 11 is 0. The van der Waals surface area contributed by atoms with E-state index in [4.69, 9.17) is 16.6 Å². The zero-order chi connectivity index (χ0) is 23.7. The highest BCUT2D eigenvalue weighted by Gasteiger charge is 2.36. The average molecular weight is 490 g/mol. The van der Waals surface area contributed by atoms with Gasteiger partial charge in [0.05, 0.1) is 11.2 Å². The van der Waals surface area contributed by atoms with E-state index in [0.717, 1.165) is 6.07 Å². The molecule has 0 spiro atoms. The number of aromatic nitrogens is 4. The van der Waals surface area contributed by atoms with Crippen LogP contribution in [0.2, 0.25) is 0 Å². The molecule has 3 rings (SSSR count). The molecular formula is C16H27N9O5S2. The Balaban J connectivity index is 2.23. The summed E-state index contributed by atoms with van der Waals surface area (Å²) in [5.41, 5.74) is 10.3. The summed E-state index contributed by atoms with van der Waals surface area (Å²) in [6, 6.07) is 1.96.